The van der Waals surface area contributed by atoms with Crippen LogP contribution in [0.4, 0.5) is 104 Å². The lowest BCUT2D eigenvalue weighted by Gasteiger charge is -2.43. The monoisotopic (exact) mass is 1430 g/mol. The Morgan fingerprint density at radius 1 is 0.414 bits per heavy atom. The van der Waals surface area contributed by atoms with Gasteiger partial charge in [-0.3, -0.25) is 43.5 Å². The van der Waals surface area contributed by atoms with E-state index in [0.29, 0.717) is 51.0 Å². The maximum Gasteiger partial charge on any atom is 0.407 e. The quantitative estimate of drug-likeness (QED) is 0.0712. The van der Waals surface area contributed by atoms with Crippen LogP contribution in [0.3, 0.4) is 0 Å². The molecule has 3 N–H and O–H groups in total. The number of carbonyl (C=O) groups is 6. The van der Waals surface area contributed by atoms with E-state index in [0.717, 1.165) is 63.2 Å². The van der Waals surface area contributed by atoms with E-state index in [9.17, 15) is 81.5 Å². The first-order chi connectivity index (χ1) is 46.4. The Labute approximate surface area is 572 Å². The Balaban J connectivity index is 0.000000174. The van der Waals surface area contributed by atoms with Gasteiger partial charge >= 0.3 is 18.5 Å². The molecule has 99 heavy (non-hydrogen) atoms. The summed E-state index contributed by atoms with van der Waals surface area (Å²) in [5.74, 6) is -6.05. The molecule has 5 fully saturated rings. The summed E-state index contributed by atoms with van der Waals surface area (Å²) in [6, 6.07) is 20.0. The van der Waals surface area contributed by atoms with Gasteiger partial charge in [0.25, 0.3) is 35.4 Å². The number of rotatable bonds is 9. The van der Waals surface area contributed by atoms with E-state index in [1.165, 1.54) is 104 Å². The van der Waals surface area contributed by atoms with Gasteiger partial charge in [0, 0.05) is 55.3 Å². The van der Waals surface area contributed by atoms with E-state index < -0.39 is 122 Å². The zero-order valence-electron chi connectivity index (χ0n) is 52.1. The lowest BCUT2D eigenvalue weighted by atomic mass is 9.75. The number of amides is 6. The highest BCUT2D eigenvalue weighted by atomic mass is 32.1. The third-order valence-electron chi connectivity index (χ3n) is 17.1. The summed E-state index contributed by atoms with van der Waals surface area (Å²) in [6.07, 6.45) is -10.8. The number of alkyl halides is 9. The first-order valence-corrected chi connectivity index (χ1v) is 30.5. The average Bonchev–Trinajstić information content (AvgIpc) is 1.57. The summed E-state index contributed by atoms with van der Waals surface area (Å²) in [7, 11) is 4.07. The van der Waals surface area contributed by atoms with Crippen LogP contribution >= 0.6 is 36.7 Å². The number of hydrogen-bond donors (Lipinski definition) is 3. The van der Waals surface area contributed by atoms with Gasteiger partial charge in [-0.25, -0.2) is 27.7 Å². The van der Waals surface area contributed by atoms with Gasteiger partial charge in [0.05, 0.1) is 53.1 Å². The Hall–Kier alpha value is -10.6. The first-order valence-electron chi connectivity index (χ1n) is 29.3. The standard InChI is InChI=1S/C23H18F4N4O2S.C22H16F4N4O2S.C21H16F4N4O2S/c1-28-18-8-6-13(11-16(18)23(25,26)27)30-20(33)22(9-3-4-10-22)31(21(30)34)14-5-7-15(17(24)12-14)19(32)29-2;1-27-17-7-5-12(10-15(17)22(24,25)26)29-19(32)21(8-3-9-21)30(20(29)33)13-4-6-14(16(23)11-13)18(31)28-2;1-20(2)18(31)28(11-6-8-16(26-3)14(9-11)21(23,24)25)19(32)29(20)12-5-7-13(15(22)10-12)17(30)27-4/h5-8,11-12H,3-4,9-10H2,2H3,(H,29,32);4-7,10-11H,3,8-9H2,2H3,(H,28,31);5-10H,1-2,4H3,(H,27,30). The van der Waals surface area contributed by atoms with Gasteiger partial charge in [0.15, 0.2) is 32.4 Å². The minimum atomic E-state index is -4.81. The fraction of sp³-hybridized carbons (Fsp3) is 0.273. The highest BCUT2D eigenvalue weighted by molar-refractivity contribution is 7.81. The molecule has 3 saturated heterocycles. The van der Waals surface area contributed by atoms with E-state index in [1.807, 2.05) is 0 Å². The van der Waals surface area contributed by atoms with Crippen LogP contribution in [0.1, 0.15) is 107 Å². The van der Waals surface area contributed by atoms with Crippen LogP contribution in [-0.2, 0) is 32.9 Å². The molecule has 6 aromatic carbocycles. The van der Waals surface area contributed by atoms with Crippen LogP contribution in [0.2, 0.25) is 0 Å². The van der Waals surface area contributed by atoms with E-state index in [1.54, 1.807) is 0 Å². The fourth-order valence-electron chi connectivity index (χ4n) is 12.2. The van der Waals surface area contributed by atoms with Gasteiger partial charge in [-0.1, -0.05) is 31.0 Å². The van der Waals surface area contributed by atoms with Crippen molar-refractivity contribution in [3.8, 4) is 0 Å². The maximum absolute atomic E-state index is 14.7. The Morgan fingerprint density at radius 3 is 0.929 bits per heavy atom. The molecule has 33 heteroatoms. The molecule has 0 atom stereocenters. The van der Waals surface area contributed by atoms with Crippen LogP contribution in [0.25, 0.3) is 14.5 Å². The Bertz CT molecular complexity index is 4570. The minimum Gasteiger partial charge on any atom is -0.355 e. The summed E-state index contributed by atoms with van der Waals surface area (Å²) in [5, 5.41) is 6.60. The second-order valence-electron chi connectivity index (χ2n) is 23.1. The number of benzene rings is 6. The zero-order chi connectivity index (χ0) is 73.0. The number of halogens is 12. The molecule has 6 aromatic rings. The molecule has 0 bridgehead atoms. The van der Waals surface area contributed by atoms with Gasteiger partial charge in [0.2, 0.25) is 0 Å². The molecule has 2 aliphatic carbocycles. The maximum atomic E-state index is 14.7. The van der Waals surface area contributed by atoms with Crippen molar-refractivity contribution in [2.75, 3.05) is 50.5 Å². The van der Waals surface area contributed by atoms with Crippen molar-refractivity contribution >= 4 is 139 Å². The number of nitrogens with one attached hydrogen (secondary N) is 3. The number of carbonyl (C=O) groups excluding carboxylic acids is 6. The molecule has 3 aliphatic heterocycles. The molecule has 5 aliphatic rings. The summed E-state index contributed by atoms with van der Waals surface area (Å²) >= 11 is 16.4. The molecule has 0 radical (unpaired) electrons. The Morgan fingerprint density at radius 2 is 0.677 bits per heavy atom. The predicted molar refractivity (Wildman–Crippen MR) is 352 cm³/mol. The second kappa shape index (κ2) is 27.0. The highest BCUT2D eigenvalue weighted by Crippen LogP contribution is 2.51. The summed E-state index contributed by atoms with van der Waals surface area (Å²) in [4.78, 5) is 91.5. The largest absolute Gasteiger partial charge is 0.407 e. The number of nitrogens with zero attached hydrogens (tertiary/aromatic N) is 9. The molecule has 512 valence electrons. The molecule has 2 spiro atoms. The number of thiocarbonyl (C=S) groups is 3. The SMILES string of the molecule is [C-]#[N+]c1ccc(N2C(=O)C(C)(C)N(c3ccc(C(=O)NC)c(F)c3)C2=S)cc1C(F)(F)F.[C-]#[N+]c1ccc(N2C(=O)C3(CCC3)N(c3ccc(C(=O)NC)c(F)c3)C2=S)cc1C(F)(F)F.[C-]#[N+]c1ccc(N2C(=O)C3(CCCC3)N(c3ccc(C(=O)NC)c(F)c3)C2=S)cc1C(F)(F)F. The zero-order valence-corrected chi connectivity index (χ0v) is 54.5. The van der Waals surface area contributed by atoms with E-state index in [-0.39, 0.29) is 66.2 Å². The topological polar surface area (TPSA) is 171 Å². The van der Waals surface area contributed by atoms with Gasteiger partial charge in [-0.05, 0) is 174 Å². The minimum absolute atomic E-state index is 0.0947. The van der Waals surface area contributed by atoms with Crippen molar-refractivity contribution in [3.05, 3.63) is 194 Å². The van der Waals surface area contributed by atoms with E-state index >= 15 is 0 Å². The Kier molecular flexibility index (Phi) is 19.9. The van der Waals surface area contributed by atoms with Crippen molar-refractivity contribution < 1.29 is 81.5 Å². The van der Waals surface area contributed by atoms with Gasteiger partial charge < -0.3 is 30.7 Å². The molecule has 0 unspecified atom stereocenters. The fourth-order valence-corrected chi connectivity index (χ4v) is 13.6. The van der Waals surface area contributed by atoms with Crippen LogP contribution in [0, 0.1) is 37.2 Å². The molecule has 3 heterocycles. The van der Waals surface area contributed by atoms with E-state index in [2.05, 4.69) is 30.5 Å². The first kappa shape index (κ1) is 72.7. The van der Waals surface area contributed by atoms with Crippen molar-refractivity contribution in [2.24, 2.45) is 0 Å². The second-order valence-corrected chi connectivity index (χ2v) is 24.2. The normalized spacial score (nSPS) is 16.8. The van der Waals surface area contributed by atoms with Gasteiger partial charge in [0.1, 0.15) is 34.1 Å². The predicted octanol–water partition coefficient (Wildman–Crippen LogP) is 14.7. The van der Waals surface area contributed by atoms with Crippen molar-refractivity contribution in [3.63, 3.8) is 0 Å². The summed E-state index contributed by atoms with van der Waals surface area (Å²) in [6.45, 7) is 24.0. The van der Waals surface area contributed by atoms with Crippen LogP contribution < -0.4 is 45.3 Å². The van der Waals surface area contributed by atoms with Crippen LogP contribution in [-0.4, -0.2) is 88.5 Å². The summed E-state index contributed by atoms with van der Waals surface area (Å²) < 4.78 is 165. The highest BCUT2D eigenvalue weighted by Gasteiger charge is 2.61. The van der Waals surface area contributed by atoms with Crippen molar-refractivity contribution in [2.45, 2.75) is 93.9 Å². The smallest absolute Gasteiger partial charge is 0.355 e. The van der Waals surface area contributed by atoms with Crippen LogP contribution in [0.5, 0.6) is 0 Å². The lowest BCUT2D eigenvalue weighted by molar-refractivity contribution is -0.137. The number of hydrogen-bond acceptors (Lipinski definition) is 9. The van der Waals surface area contributed by atoms with E-state index in [4.69, 9.17) is 56.4 Å². The summed E-state index contributed by atoms with van der Waals surface area (Å²) in [5.41, 5.74) is -9.44. The van der Waals surface area contributed by atoms with Crippen molar-refractivity contribution in [1.29, 1.82) is 0 Å². The molecule has 0 aromatic heterocycles. The molecule has 11 rings (SSSR count). The third kappa shape index (κ3) is 12.9. The lowest BCUT2D eigenvalue weighted by Crippen LogP contribution is -2.55. The van der Waals surface area contributed by atoms with Gasteiger partial charge in [-0.15, -0.1) is 0 Å². The molecule has 6 amide bonds. The van der Waals surface area contributed by atoms with Gasteiger partial charge in [-0.2, -0.15) is 39.5 Å². The molecular formula is C66H50F12N12O6S3. The third-order valence-corrected chi connectivity index (χ3v) is 18.2. The number of anilines is 6. The molecular weight excluding hydrogens is 1380 g/mol. The molecule has 2 saturated carbocycles. The van der Waals surface area contributed by atoms with Crippen molar-refractivity contribution in [1.82, 2.24) is 16.0 Å². The van der Waals surface area contributed by atoms with Crippen LogP contribution in [0.15, 0.2) is 109 Å². The molecule has 18 nitrogen and oxygen atoms in total. The average molecular weight is 1430 g/mol.